The SMILES string of the molecule is CCc1ccc(C(C)(C)NC(=O)C2CCC(C(=O)O)CC2)cc1. The number of hydrogen-bond donors (Lipinski definition) is 2. The Labute approximate surface area is 138 Å². The Balaban J connectivity index is 1.96. The predicted molar refractivity (Wildman–Crippen MR) is 90.1 cm³/mol. The standard InChI is InChI=1S/C19H27NO3/c1-4-13-5-11-16(12-6-13)19(2,3)20-17(21)14-7-9-15(10-8-14)18(22)23/h5-6,11-12,14-15H,4,7-10H2,1-3H3,(H,20,21)(H,22,23). The number of carboxylic acids is 1. The minimum absolute atomic E-state index is 0.0402. The third-order valence-electron chi connectivity index (χ3n) is 4.97. The molecule has 0 atom stereocenters. The highest BCUT2D eigenvalue weighted by atomic mass is 16.4. The highest BCUT2D eigenvalue weighted by Gasteiger charge is 2.32. The van der Waals surface area contributed by atoms with E-state index >= 15 is 0 Å². The number of amides is 1. The monoisotopic (exact) mass is 317 g/mol. The molecular weight excluding hydrogens is 290 g/mol. The number of carbonyl (C=O) groups is 2. The van der Waals surface area contributed by atoms with Crippen molar-refractivity contribution in [2.24, 2.45) is 11.8 Å². The third kappa shape index (κ3) is 4.34. The maximum Gasteiger partial charge on any atom is 0.306 e. The average molecular weight is 317 g/mol. The maximum absolute atomic E-state index is 12.5. The number of carbonyl (C=O) groups excluding carboxylic acids is 1. The Morgan fingerprint density at radius 1 is 1.09 bits per heavy atom. The molecule has 1 aliphatic carbocycles. The molecule has 0 aliphatic heterocycles. The minimum atomic E-state index is -0.736. The van der Waals surface area contributed by atoms with Crippen LogP contribution in [0.25, 0.3) is 0 Å². The van der Waals surface area contributed by atoms with E-state index in [-0.39, 0.29) is 17.7 Å². The van der Waals surface area contributed by atoms with Crippen LogP contribution in [0.15, 0.2) is 24.3 Å². The molecule has 0 saturated heterocycles. The van der Waals surface area contributed by atoms with Gasteiger partial charge in [-0.05, 0) is 57.1 Å². The zero-order valence-electron chi connectivity index (χ0n) is 14.3. The van der Waals surface area contributed by atoms with E-state index < -0.39 is 11.5 Å². The van der Waals surface area contributed by atoms with Crippen LogP contribution in [0, 0.1) is 11.8 Å². The second-order valence-corrected chi connectivity index (χ2v) is 7.05. The molecule has 0 heterocycles. The number of hydrogen-bond acceptors (Lipinski definition) is 2. The molecular formula is C19H27NO3. The van der Waals surface area contributed by atoms with Crippen LogP contribution in [-0.4, -0.2) is 17.0 Å². The fraction of sp³-hybridized carbons (Fsp3) is 0.579. The van der Waals surface area contributed by atoms with E-state index in [0.29, 0.717) is 25.7 Å². The van der Waals surface area contributed by atoms with Gasteiger partial charge in [-0.2, -0.15) is 0 Å². The molecule has 4 nitrogen and oxygen atoms in total. The van der Waals surface area contributed by atoms with Crippen LogP contribution in [0.1, 0.15) is 57.6 Å². The van der Waals surface area contributed by atoms with Crippen LogP contribution in [0.4, 0.5) is 0 Å². The van der Waals surface area contributed by atoms with E-state index in [1.165, 1.54) is 5.56 Å². The van der Waals surface area contributed by atoms with Gasteiger partial charge in [-0.15, -0.1) is 0 Å². The number of aliphatic carboxylic acids is 1. The number of aryl methyl sites for hydroxylation is 1. The van der Waals surface area contributed by atoms with E-state index in [4.69, 9.17) is 5.11 Å². The summed E-state index contributed by atoms with van der Waals surface area (Å²) >= 11 is 0. The van der Waals surface area contributed by atoms with Crippen LogP contribution in [0.3, 0.4) is 0 Å². The van der Waals surface area contributed by atoms with Crippen molar-refractivity contribution >= 4 is 11.9 Å². The van der Waals surface area contributed by atoms with Crippen molar-refractivity contribution in [2.75, 3.05) is 0 Å². The number of carboxylic acid groups (broad SMARTS) is 1. The Morgan fingerprint density at radius 2 is 1.61 bits per heavy atom. The molecule has 0 aromatic heterocycles. The molecule has 1 aromatic rings. The number of rotatable bonds is 5. The lowest BCUT2D eigenvalue weighted by Crippen LogP contribution is -2.45. The van der Waals surface area contributed by atoms with Gasteiger partial charge in [-0.25, -0.2) is 0 Å². The quantitative estimate of drug-likeness (QED) is 0.873. The molecule has 1 amide bonds. The van der Waals surface area contributed by atoms with Crippen molar-refractivity contribution in [2.45, 2.75) is 58.4 Å². The van der Waals surface area contributed by atoms with E-state index in [9.17, 15) is 9.59 Å². The van der Waals surface area contributed by atoms with Crippen LogP contribution < -0.4 is 5.32 Å². The highest BCUT2D eigenvalue weighted by molar-refractivity contribution is 5.80. The number of nitrogens with one attached hydrogen (secondary N) is 1. The summed E-state index contributed by atoms with van der Waals surface area (Å²) in [7, 11) is 0. The molecule has 4 heteroatoms. The summed E-state index contributed by atoms with van der Waals surface area (Å²) in [6, 6.07) is 8.34. The summed E-state index contributed by atoms with van der Waals surface area (Å²) in [6.45, 7) is 6.14. The van der Waals surface area contributed by atoms with Crippen molar-refractivity contribution in [3.63, 3.8) is 0 Å². The first kappa shape index (κ1) is 17.5. The van der Waals surface area contributed by atoms with Crippen molar-refractivity contribution in [3.05, 3.63) is 35.4 Å². The zero-order valence-corrected chi connectivity index (χ0v) is 14.3. The summed E-state index contributed by atoms with van der Waals surface area (Å²) in [4.78, 5) is 23.5. The summed E-state index contributed by atoms with van der Waals surface area (Å²) in [5, 5.41) is 12.2. The second kappa shape index (κ2) is 7.16. The van der Waals surface area contributed by atoms with E-state index in [0.717, 1.165) is 12.0 Å². The lowest BCUT2D eigenvalue weighted by molar-refractivity contribution is -0.144. The summed E-state index contributed by atoms with van der Waals surface area (Å²) in [5.74, 6) is -1.05. The van der Waals surface area contributed by atoms with Crippen molar-refractivity contribution in [1.29, 1.82) is 0 Å². The van der Waals surface area contributed by atoms with Gasteiger partial charge < -0.3 is 10.4 Å². The molecule has 23 heavy (non-hydrogen) atoms. The zero-order chi connectivity index (χ0) is 17.0. The highest BCUT2D eigenvalue weighted by Crippen LogP contribution is 2.30. The van der Waals surface area contributed by atoms with Crippen molar-refractivity contribution in [3.8, 4) is 0 Å². The second-order valence-electron chi connectivity index (χ2n) is 7.05. The van der Waals surface area contributed by atoms with Gasteiger partial charge in [0.2, 0.25) is 5.91 Å². The van der Waals surface area contributed by atoms with Gasteiger partial charge in [0.1, 0.15) is 0 Å². The molecule has 1 saturated carbocycles. The Hall–Kier alpha value is -1.84. The van der Waals surface area contributed by atoms with Gasteiger partial charge in [0.25, 0.3) is 0 Å². The van der Waals surface area contributed by atoms with Gasteiger partial charge in [0.15, 0.2) is 0 Å². The van der Waals surface area contributed by atoms with Crippen LogP contribution in [0.5, 0.6) is 0 Å². The van der Waals surface area contributed by atoms with Gasteiger partial charge in [-0.3, -0.25) is 9.59 Å². The van der Waals surface area contributed by atoms with E-state index in [2.05, 4.69) is 36.5 Å². The summed E-state index contributed by atoms with van der Waals surface area (Å²) in [5.41, 5.74) is 1.94. The van der Waals surface area contributed by atoms with E-state index in [1.54, 1.807) is 0 Å². The molecule has 0 bridgehead atoms. The summed E-state index contributed by atoms with van der Waals surface area (Å²) < 4.78 is 0. The lowest BCUT2D eigenvalue weighted by Gasteiger charge is -2.31. The average Bonchev–Trinajstić information content (AvgIpc) is 2.54. The molecule has 1 aliphatic rings. The fourth-order valence-electron chi connectivity index (χ4n) is 3.24. The molecule has 0 radical (unpaired) electrons. The van der Waals surface area contributed by atoms with Crippen molar-refractivity contribution in [1.82, 2.24) is 5.32 Å². The molecule has 2 rings (SSSR count). The first-order valence-corrected chi connectivity index (χ1v) is 8.47. The molecule has 1 aromatic carbocycles. The largest absolute Gasteiger partial charge is 0.481 e. The van der Waals surface area contributed by atoms with Gasteiger partial charge in [-0.1, -0.05) is 31.2 Å². The first-order chi connectivity index (χ1) is 10.8. The Kier molecular flexibility index (Phi) is 5.45. The smallest absolute Gasteiger partial charge is 0.306 e. The minimum Gasteiger partial charge on any atom is -0.481 e. The fourth-order valence-corrected chi connectivity index (χ4v) is 3.24. The van der Waals surface area contributed by atoms with Crippen LogP contribution >= 0.6 is 0 Å². The van der Waals surface area contributed by atoms with Crippen LogP contribution in [0.2, 0.25) is 0 Å². The normalized spacial score (nSPS) is 21.7. The number of benzene rings is 1. The Morgan fingerprint density at radius 3 is 2.09 bits per heavy atom. The van der Waals surface area contributed by atoms with Gasteiger partial charge >= 0.3 is 5.97 Å². The predicted octanol–water partition coefficient (Wildman–Crippen LogP) is 3.49. The van der Waals surface area contributed by atoms with Crippen molar-refractivity contribution < 1.29 is 14.7 Å². The molecule has 0 unspecified atom stereocenters. The van der Waals surface area contributed by atoms with Crippen LogP contribution in [-0.2, 0) is 21.5 Å². The Bertz CT molecular complexity index is 554. The lowest BCUT2D eigenvalue weighted by atomic mass is 9.81. The molecule has 126 valence electrons. The molecule has 0 spiro atoms. The topological polar surface area (TPSA) is 66.4 Å². The molecule has 1 fully saturated rings. The maximum atomic E-state index is 12.5. The summed E-state index contributed by atoms with van der Waals surface area (Å²) in [6.07, 6.45) is 3.51. The van der Waals surface area contributed by atoms with Gasteiger partial charge in [0.05, 0.1) is 11.5 Å². The third-order valence-corrected chi connectivity index (χ3v) is 4.97. The van der Waals surface area contributed by atoms with E-state index in [1.807, 2.05) is 13.8 Å². The first-order valence-electron chi connectivity index (χ1n) is 8.47. The molecule has 2 N–H and O–H groups in total. The van der Waals surface area contributed by atoms with Gasteiger partial charge in [0, 0.05) is 5.92 Å².